The topological polar surface area (TPSA) is 52.7 Å². The largest absolute Gasteiger partial charge is 0.353 e. The fraction of sp³-hybridized carbons (Fsp3) is 0.600. The van der Waals surface area contributed by atoms with Crippen molar-refractivity contribution in [3.05, 3.63) is 35.4 Å². The molecule has 0 unspecified atom stereocenters. The number of hydrogen-bond acceptors (Lipinski definition) is 3. The highest BCUT2D eigenvalue weighted by Crippen LogP contribution is 2.10. The summed E-state index contributed by atoms with van der Waals surface area (Å²) >= 11 is 0. The van der Waals surface area contributed by atoms with Gasteiger partial charge in [-0.3, -0.25) is 14.5 Å². The molecule has 1 heterocycles. The molecule has 1 saturated heterocycles. The molecule has 0 saturated carbocycles. The molecule has 1 fully saturated rings. The molecule has 0 aromatic heterocycles. The summed E-state index contributed by atoms with van der Waals surface area (Å²) < 4.78 is 0. The number of carbonyl (C=O) groups excluding carboxylic acids is 2. The Hall–Kier alpha value is -1.88. The lowest BCUT2D eigenvalue weighted by Gasteiger charge is -2.34. The Morgan fingerprint density at radius 3 is 2.20 bits per heavy atom. The molecule has 0 bridgehead atoms. The summed E-state index contributed by atoms with van der Waals surface area (Å²) in [5.74, 6) is 0.274. The van der Waals surface area contributed by atoms with Gasteiger partial charge in [0, 0.05) is 38.6 Å². The predicted molar refractivity (Wildman–Crippen MR) is 100 cm³/mol. The van der Waals surface area contributed by atoms with E-state index in [0.717, 1.165) is 25.9 Å². The molecule has 1 N–H and O–H groups in total. The molecule has 1 aromatic carbocycles. The standard InChI is InChI=1S/C20H31N3O2/c1-4-17-5-7-18(8-6-17)9-10-20(25)23-13-11-22(12-14-23)15-19(24)21-16(2)3/h5-8,16H,4,9-15H2,1-3H3,(H,21,24). The summed E-state index contributed by atoms with van der Waals surface area (Å²) in [6, 6.07) is 8.69. The fourth-order valence-electron chi connectivity index (χ4n) is 3.08. The van der Waals surface area contributed by atoms with Crippen molar-refractivity contribution < 1.29 is 9.59 Å². The second kappa shape index (κ2) is 9.56. The molecule has 2 rings (SSSR count). The van der Waals surface area contributed by atoms with Crippen molar-refractivity contribution >= 4 is 11.8 Å². The van der Waals surface area contributed by atoms with Gasteiger partial charge < -0.3 is 10.2 Å². The maximum Gasteiger partial charge on any atom is 0.234 e. The van der Waals surface area contributed by atoms with Crippen molar-refractivity contribution in [1.82, 2.24) is 15.1 Å². The molecular weight excluding hydrogens is 314 g/mol. The lowest BCUT2D eigenvalue weighted by Crippen LogP contribution is -2.51. The van der Waals surface area contributed by atoms with Crippen LogP contribution in [-0.4, -0.2) is 60.4 Å². The van der Waals surface area contributed by atoms with Gasteiger partial charge in [0.1, 0.15) is 0 Å². The van der Waals surface area contributed by atoms with Crippen molar-refractivity contribution in [1.29, 1.82) is 0 Å². The molecule has 1 aliphatic heterocycles. The Morgan fingerprint density at radius 2 is 1.64 bits per heavy atom. The number of nitrogens with one attached hydrogen (secondary N) is 1. The highest BCUT2D eigenvalue weighted by atomic mass is 16.2. The Balaban J connectivity index is 1.70. The second-order valence-electron chi connectivity index (χ2n) is 7.05. The van der Waals surface area contributed by atoms with Crippen molar-refractivity contribution in [2.45, 2.75) is 46.1 Å². The highest BCUT2D eigenvalue weighted by Gasteiger charge is 2.22. The van der Waals surface area contributed by atoms with E-state index < -0.39 is 0 Å². The first-order chi connectivity index (χ1) is 12.0. The number of piperazine rings is 1. The van der Waals surface area contributed by atoms with E-state index in [9.17, 15) is 9.59 Å². The number of nitrogens with zero attached hydrogens (tertiary/aromatic N) is 2. The number of rotatable bonds is 7. The summed E-state index contributed by atoms with van der Waals surface area (Å²) in [5, 5.41) is 2.91. The number of aryl methyl sites for hydroxylation is 2. The number of amides is 2. The smallest absolute Gasteiger partial charge is 0.234 e. The zero-order chi connectivity index (χ0) is 18.2. The van der Waals surface area contributed by atoms with Crippen LogP contribution in [0.25, 0.3) is 0 Å². The molecule has 0 spiro atoms. The first kappa shape index (κ1) is 19.4. The Kier molecular flexibility index (Phi) is 7.44. The summed E-state index contributed by atoms with van der Waals surface area (Å²) in [5.41, 5.74) is 2.54. The maximum absolute atomic E-state index is 12.4. The van der Waals surface area contributed by atoms with Gasteiger partial charge in [-0.2, -0.15) is 0 Å². The van der Waals surface area contributed by atoms with Gasteiger partial charge in [-0.1, -0.05) is 31.2 Å². The van der Waals surface area contributed by atoms with Crippen LogP contribution >= 0.6 is 0 Å². The molecule has 25 heavy (non-hydrogen) atoms. The van der Waals surface area contributed by atoms with E-state index in [2.05, 4.69) is 41.4 Å². The average Bonchev–Trinajstić information content (AvgIpc) is 2.60. The molecule has 0 aliphatic carbocycles. The van der Waals surface area contributed by atoms with Gasteiger partial charge in [0.2, 0.25) is 11.8 Å². The lowest BCUT2D eigenvalue weighted by molar-refractivity contribution is -0.133. The third-order valence-electron chi connectivity index (χ3n) is 4.60. The van der Waals surface area contributed by atoms with E-state index in [1.165, 1.54) is 11.1 Å². The van der Waals surface area contributed by atoms with Crippen LogP contribution in [0.15, 0.2) is 24.3 Å². The zero-order valence-electron chi connectivity index (χ0n) is 15.8. The van der Waals surface area contributed by atoms with Crippen molar-refractivity contribution in [2.75, 3.05) is 32.7 Å². The SMILES string of the molecule is CCc1ccc(CCC(=O)N2CCN(CC(=O)NC(C)C)CC2)cc1. The minimum atomic E-state index is 0.0605. The summed E-state index contributed by atoms with van der Waals surface area (Å²) in [6.07, 6.45) is 2.39. The van der Waals surface area contributed by atoms with Crippen LogP contribution in [-0.2, 0) is 22.4 Å². The first-order valence-corrected chi connectivity index (χ1v) is 9.35. The first-order valence-electron chi connectivity index (χ1n) is 9.35. The Bertz CT molecular complexity index is 561. The van der Waals surface area contributed by atoms with Crippen molar-refractivity contribution in [2.24, 2.45) is 0 Å². The normalized spacial score (nSPS) is 15.4. The number of hydrogen-bond donors (Lipinski definition) is 1. The van der Waals surface area contributed by atoms with E-state index in [1.54, 1.807) is 0 Å². The van der Waals surface area contributed by atoms with E-state index in [1.807, 2.05) is 18.7 Å². The van der Waals surface area contributed by atoms with E-state index in [-0.39, 0.29) is 17.9 Å². The molecule has 138 valence electrons. The molecular formula is C20H31N3O2. The predicted octanol–water partition coefficient (Wildman–Crippen LogP) is 1.85. The van der Waals surface area contributed by atoms with Crippen LogP contribution < -0.4 is 5.32 Å². The molecule has 1 aliphatic rings. The van der Waals surface area contributed by atoms with Gasteiger partial charge in [0.05, 0.1) is 6.54 Å². The lowest BCUT2D eigenvalue weighted by atomic mass is 10.1. The van der Waals surface area contributed by atoms with Gasteiger partial charge in [-0.25, -0.2) is 0 Å². The minimum Gasteiger partial charge on any atom is -0.353 e. The third kappa shape index (κ3) is 6.50. The Morgan fingerprint density at radius 1 is 1.04 bits per heavy atom. The Labute approximate surface area is 151 Å². The molecule has 1 aromatic rings. The van der Waals surface area contributed by atoms with Crippen LogP contribution in [0.3, 0.4) is 0 Å². The van der Waals surface area contributed by atoms with E-state index in [0.29, 0.717) is 26.1 Å². The average molecular weight is 345 g/mol. The van der Waals surface area contributed by atoms with Crippen molar-refractivity contribution in [3.63, 3.8) is 0 Å². The van der Waals surface area contributed by atoms with E-state index in [4.69, 9.17) is 0 Å². The molecule has 5 nitrogen and oxygen atoms in total. The van der Waals surface area contributed by atoms with Gasteiger partial charge >= 0.3 is 0 Å². The molecule has 5 heteroatoms. The summed E-state index contributed by atoms with van der Waals surface area (Å²) in [7, 11) is 0. The quantitative estimate of drug-likeness (QED) is 0.821. The van der Waals surface area contributed by atoms with E-state index >= 15 is 0 Å². The zero-order valence-corrected chi connectivity index (χ0v) is 15.8. The highest BCUT2D eigenvalue weighted by molar-refractivity contribution is 5.78. The van der Waals surface area contributed by atoms with Crippen LogP contribution in [0.5, 0.6) is 0 Å². The third-order valence-corrected chi connectivity index (χ3v) is 4.60. The van der Waals surface area contributed by atoms with Gasteiger partial charge in [-0.05, 0) is 37.8 Å². The maximum atomic E-state index is 12.4. The van der Waals surface area contributed by atoms with Crippen LogP contribution in [0.4, 0.5) is 0 Å². The van der Waals surface area contributed by atoms with Crippen LogP contribution in [0, 0.1) is 0 Å². The number of carbonyl (C=O) groups is 2. The fourth-order valence-corrected chi connectivity index (χ4v) is 3.08. The second-order valence-corrected chi connectivity index (χ2v) is 7.05. The monoisotopic (exact) mass is 345 g/mol. The molecule has 2 amide bonds. The molecule has 0 atom stereocenters. The van der Waals surface area contributed by atoms with Crippen LogP contribution in [0.1, 0.15) is 38.3 Å². The summed E-state index contributed by atoms with van der Waals surface area (Å²) in [6.45, 7) is 9.44. The van der Waals surface area contributed by atoms with Gasteiger partial charge in [0.15, 0.2) is 0 Å². The number of benzene rings is 1. The van der Waals surface area contributed by atoms with Gasteiger partial charge in [-0.15, -0.1) is 0 Å². The van der Waals surface area contributed by atoms with Crippen LogP contribution in [0.2, 0.25) is 0 Å². The summed E-state index contributed by atoms with van der Waals surface area (Å²) in [4.78, 5) is 28.2. The molecule has 0 radical (unpaired) electrons. The van der Waals surface area contributed by atoms with Gasteiger partial charge in [0.25, 0.3) is 0 Å². The minimum absolute atomic E-state index is 0.0605. The van der Waals surface area contributed by atoms with Crippen molar-refractivity contribution in [3.8, 4) is 0 Å².